The minimum absolute atomic E-state index is 0.0952. The summed E-state index contributed by atoms with van der Waals surface area (Å²) in [5.74, 6) is -1.94. The highest BCUT2D eigenvalue weighted by Gasteiger charge is 2.37. The summed E-state index contributed by atoms with van der Waals surface area (Å²) >= 11 is 0. The Morgan fingerprint density at radius 1 is 1.02 bits per heavy atom. The lowest BCUT2D eigenvalue weighted by molar-refractivity contribution is -0.141. The largest absolute Gasteiger partial charge is 0.508 e. The zero-order chi connectivity index (χ0) is 30.0. The number of unbranched alkanes of at least 4 members (excludes halogenated alkanes) is 1. The molecule has 10 heteroatoms. The molecule has 0 fully saturated rings. The molecule has 40 heavy (non-hydrogen) atoms. The van der Waals surface area contributed by atoms with Crippen molar-refractivity contribution in [3.8, 4) is 5.75 Å². The lowest BCUT2D eigenvalue weighted by Gasteiger charge is -2.35. The summed E-state index contributed by atoms with van der Waals surface area (Å²) in [5.41, 5.74) is 7.03. The number of ether oxygens (including phenoxy) is 1. The van der Waals surface area contributed by atoms with E-state index in [0.29, 0.717) is 18.5 Å². The minimum Gasteiger partial charge on any atom is -0.508 e. The predicted octanol–water partition coefficient (Wildman–Crippen LogP) is 4.48. The number of carbonyl (C=O) groups is 4. The van der Waals surface area contributed by atoms with Crippen LogP contribution in [-0.4, -0.2) is 52.0 Å². The van der Waals surface area contributed by atoms with E-state index in [1.807, 2.05) is 39.0 Å². The monoisotopic (exact) mass is 554 g/mol. The highest BCUT2D eigenvalue weighted by atomic mass is 16.6. The molecule has 5 N–H and O–H groups in total. The van der Waals surface area contributed by atoms with Crippen LogP contribution < -0.4 is 16.4 Å². The van der Waals surface area contributed by atoms with Crippen molar-refractivity contribution in [3.63, 3.8) is 0 Å². The molecule has 0 aromatic heterocycles. The third-order valence-electron chi connectivity index (χ3n) is 6.22. The number of aryl methyl sites for hydroxylation is 2. The zero-order valence-electron chi connectivity index (χ0n) is 24.2. The van der Waals surface area contributed by atoms with E-state index in [2.05, 4.69) is 10.6 Å². The molecule has 218 valence electrons. The molecule has 0 aliphatic heterocycles. The number of rotatable bonds is 12. The maximum Gasteiger partial charge on any atom is 0.408 e. The standard InChI is InChI=1S/C30H42N4O6/c1-7-8-18-34(28(38)22(16-17-24(31)36)32-29(39)40-30(4,5)6)26(21-14-9-10-15-23(21)35)27(37)33-25-19(2)12-11-13-20(25)3/h9-15,22,26,35H,7-8,16-18H2,1-6H3,(H2,31,36)(H,32,39)(H,33,37). The number of para-hydroxylation sites is 2. The van der Waals surface area contributed by atoms with Crippen molar-refractivity contribution in [3.05, 3.63) is 59.2 Å². The van der Waals surface area contributed by atoms with Crippen molar-refractivity contribution in [1.82, 2.24) is 10.2 Å². The lowest BCUT2D eigenvalue weighted by atomic mass is 9.99. The van der Waals surface area contributed by atoms with Crippen LogP contribution in [0.25, 0.3) is 0 Å². The second-order valence-corrected chi connectivity index (χ2v) is 10.8. The molecule has 0 spiro atoms. The number of phenols is 1. The van der Waals surface area contributed by atoms with Gasteiger partial charge in [-0.3, -0.25) is 14.4 Å². The Hall–Kier alpha value is -4.08. The normalized spacial score (nSPS) is 12.7. The van der Waals surface area contributed by atoms with Gasteiger partial charge in [0.25, 0.3) is 5.91 Å². The Kier molecular flexibility index (Phi) is 11.5. The quantitative estimate of drug-likeness (QED) is 0.304. The van der Waals surface area contributed by atoms with Crippen LogP contribution in [0.2, 0.25) is 0 Å². The van der Waals surface area contributed by atoms with Crippen molar-refractivity contribution in [2.45, 2.75) is 84.9 Å². The average Bonchev–Trinajstić information content (AvgIpc) is 2.85. The predicted molar refractivity (Wildman–Crippen MR) is 154 cm³/mol. The molecule has 2 aromatic carbocycles. The fraction of sp³-hybridized carbons (Fsp3) is 0.467. The number of alkyl carbamates (subject to hydrolysis) is 1. The average molecular weight is 555 g/mol. The van der Waals surface area contributed by atoms with Gasteiger partial charge in [-0.1, -0.05) is 49.7 Å². The molecule has 0 bridgehead atoms. The van der Waals surface area contributed by atoms with Gasteiger partial charge < -0.3 is 31.1 Å². The van der Waals surface area contributed by atoms with E-state index < -0.39 is 41.5 Å². The third-order valence-corrected chi connectivity index (χ3v) is 6.22. The molecule has 0 saturated carbocycles. The second-order valence-electron chi connectivity index (χ2n) is 10.8. The van der Waals surface area contributed by atoms with E-state index >= 15 is 0 Å². The zero-order valence-corrected chi connectivity index (χ0v) is 24.2. The van der Waals surface area contributed by atoms with Crippen LogP contribution in [0.1, 0.15) is 76.1 Å². The van der Waals surface area contributed by atoms with Crippen LogP contribution >= 0.6 is 0 Å². The van der Waals surface area contributed by atoms with Crippen molar-refractivity contribution < 1.29 is 29.0 Å². The highest BCUT2D eigenvalue weighted by molar-refractivity contribution is 6.00. The van der Waals surface area contributed by atoms with Crippen LogP contribution in [0.4, 0.5) is 10.5 Å². The number of benzene rings is 2. The number of amides is 4. The van der Waals surface area contributed by atoms with Crippen LogP contribution in [0.3, 0.4) is 0 Å². The number of nitrogens with two attached hydrogens (primary N) is 1. The first-order valence-corrected chi connectivity index (χ1v) is 13.5. The number of aromatic hydroxyl groups is 1. The summed E-state index contributed by atoms with van der Waals surface area (Å²) < 4.78 is 5.35. The Balaban J connectivity index is 2.59. The summed E-state index contributed by atoms with van der Waals surface area (Å²) in [6, 6.07) is 9.47. The van der Waals surface area contributed by atoms with Crippen LogP contribution in [0.5, 0.6) is 5.75 Å². The molecule has 0 aliphatic carbocycles. The molecule has 2 unspecified atom stereocenters. The van der Waals surface area contributed by atoms with E-state index in [0.717, 1.165) is 11.1 Å². The van der Waals surface area contributed by atoms with Gasteiger partial charge in [-0.15, -0.1) is 0 Å². The number of primary amides is 1. The number of anilines is 1. The summed E-state index contributed by atoms with van der Waals surface area (Å²) in [4.78, 5) is 53.7. The Morgan fingerprint density at radius 3 is 2.20 bits per heavy atom. The SMILES string of the molecule is CCCCN(C(=O)C(CCC(N)=O)NC(=O)OC(C)(C)C)C(C(=O)Nc1c(C)cccc1C)c1ccccc1O. The number of hydrogen-bond donors (Lipinski definition) is 4. The number of nitrogens with zero attached hydrogens (tertiary/aromatic N) is 1. The van der Waals surface area contributed by atoms with E-state index in [9.17, 15) is 24.3 Å². The smallest absolute Gasteiger partial charge is 0.408 e. The number of carbonyl (C=O) groups excluding carboxylic acids is 4. The molecular formula is C30H42N4O6. The topological polar surface area (TPSA) is 151 Å². The van der Waals surface area contributed by atoms with E-state index in [4.69, 9.17) is 10.5 Å². The second kappa shape index (κ2) is 14.3. The van der Waals surface area contributed by atoms with Gasteiger partial charge in [-0.2, -0.15) is 0 Å². The van der Waals surface area contributed by atoms with Gasteiger partial charge >= 0.3 is 6.09 Å². The molecule has 0 radical (unpaired) electrons. The van der Waals surface area contributed by atoms with Crippen LogP contribution in [-0.2, 0) is 19.1 Å². The molecule has 0 saturated heterocycles. The van der Waals surface area contributed by atoms with Gasteiger partial charge in [0.1, 0.15) is 23.4 Å². The van der Waals surface area contributed by atoms with Crippen molar-refractivity contribution in [2.24, 2.45) is 5.73 Å². The van der Waals surface area contributed by atoms with E-state index in [-0.39, 0.29) is 30.7 Å². The molecule has 10 nitrogen and oxygen atoms in total. The first kappa shape index (κ1) is 32.1. The molecule has 2 atom stereocenters. The van der Waals surface area contributed by atoms with E-state index in [1.54, 1.807) is 39.0 Å². The number of nitrogens with one attached hydrogen (secondary N) is 2. The summed E-state index contributed by atoms with van der Waals surface area (Å²) in [7, 11) is 0. The summed E-state index contributed by atoms with van der Waals surface area (Å²) in [6.07, 6.45) is 0.138. The Morgan fingerprint density at radius 2 is 1.65 bits per heavy atom. The Bertz CT molecular complexity index is 1190. The van der Waals surface area contributed by atoms with Crippen molar-refractivity contribution in [2.75, 3.05) is 11.9 Å². The Labute approximate surface area is 236 Å². The van der Waals surface area contributed by atoms with Gasteiger partial charge in [0.15, 0.2) is 0 Å². The lowest BCUT2D eigenvalue weighted by Crippen LogP contribution is -2.53. The molecule has 4 amide bonds. The molecule has 0 heterocycles. The highest BCUT2D eigenvalue weighted by Crippen LogP contribution is 2.32. The number of phenolic OH excluding ortho intramolecular Hbond substituents is 1. The summed E-state index contributed by atoms with van der Waals surface area (Å²) in [5, 5.41) is 16.3. The van der Waals surface area contributed by atoms with Gasteiger partial charge in [0, 0.05) is 24.2 Å². The first-order valence-electron chi connectivity index (χ1n) is 13.5. The maximum absolute atomic E-state index is 14.1. The molecule has 2 aromatic rings. The molecular weight excluding hydrogens is 512 g/mol. The third kappa shape index (κ3) is 9.29. The maximum atomic E-state index is 14.1. The summed E-state index contributed by atoms with van der Waals surface area (Å²) in [6.45, 7) is 10.9. The minimum atomic E-state index is -1.24. The van der Waals surface area contributed by atoms with Gasteiger partial charge in [0.2, 0.25) is 11.8 Å². The van der Waals surface area contributed by atoms with Gasteiger partial charge in [-0.25, -0.2) is 4.79 Å². The molecule has 0 aliphatic rings. The fourth-order valence-corrected chi connectivity index (χ4v) is 4.26. The molecule has 2 rings (SSSR count). The van der Waals surface area contributed by atoms with Crippen molar-refractivity contribution >= 4 is 29.5 Å². The van der Waals surface area contributed by atoms with Crippen LogP contribution in [0.15, 0.2) is 42.5 Å². The van der Waals surface area contributed by atoms with Gasteiger partial charge in [-0.05, 0) is 64.7 Å². The van der Waals surface area contributed by atoms with Crippen molar-refractivity contribution in [1.29, 1.82) is 0 Å². The fourth-order valence-electron chi connectivity index (χ4n) is 4.26. The van der Waals surface area contributed by atoms with E-state index in [1.165, 1.54) is 11.0 Å². The number of hydrogen-bond acceptors (Lipinski definition) is 6. The van der Waals surface area contributed by atoms with Crippen LogP contribution in [0, 0.1) is 13.8 Å². The van der Waals surface area contributed by atoms with Gasteiger partial charge in [0.05, 0.1) is 0 Å². The first-order chi connectivity index (χ1) is 18.7.